The number of hydrogen-bond acceptors (Lipinski definition) is 33. The van der Waals surface area contributed by atoms with Crippen molar-refractivity contribution in [2.24, 2.45) is 0 Å². The minimum absolute atomic E-state index is 0.128. The lowest BCUT2D eigenvalue weighted by atomic mass is 9.93. The molecule has 0 saturated carbocycles. The summed E-state index contributed by atoms with van der Waals surface area (Å²) in [5.41, 5.74) is 12.0. The van der Waals surface area contributed by atoms with Gasteiger partial charge in [-0.05, 0) is 239 Å². The van der Waals surface area contributed by atoms with Crippen molar-refractivity contribution in [3.63, 3.8) is 0 Å². The number of methoxy groups -OCH3 is 4. The molecule has 11 aromatic carbocycles. The molecule has 5 aliphatic rings. The van der Waals surface area contributed by atoms with Crippen molar-refractivity contribution in [3.05, 3.63) is 252 Å². The lowest BCUT2D eigenvalue weighted by Gasteiger charge is -2.23. The molecule has 5 aromatic heterocycles. The Morgan fingerprint density at radius 1 is 0.324 bits per heavy atom. The van der Waals surface area contributed by atoms with E-state index in [1.54, 1.807) is 78.7 Å². The normalized spacial score (nSPS) is 16.7. The maximum atomic E-state index is 10.5. The van der Waals surface area contributed by atoms with Gasteiger partial charge in [-0.25, -0.2) is 49.8 Å². The Labute approximate surface area is 860 Å². The first-order valence-corrected chi connectivity index (χ1v) is 50.1. The molecule has 33 heteroatoms. The Hall–Kier alpha value is -15.5. The van der Waals surface area contributed by atoms with Crippen LogP contribution >= 0.6 is 0 Å². The Bertz CT molecular complexity index is 7390. The molecule has 16 N–H and O–H groups in total. The number of para-hydroxylation sites is 3. The van der Waals surface area contributed by atoms with Gasteiger partial charge in [-0.15, -0.1) is 0 Å². The summed E-state index contributed by atoms with van der Waals surface area (Å²) in [6.07, 6.45) is 4.11. The molecule has 0 aliphatic carbocycles. The van der Waals surface area contributed by atoms with Gasteiger partial charge >= 0.3 is 0 Å². The van der Waals surface area contributed by atoms with E-state index in [4.69, 9.17) is 78.0 Å². The molecule has 6 atom stereocenters. The summed E-state index contributed by atoms with van der Waals surface area (Å²) in [5.74, 6) is 16.2. The first-order chi connectivity index (χ1) is 71.9. The molecule has 1 unspecified atom stereocenters. The van der Waals surface area contributed by atoms with E-state index in [0.717, 1.165) is 226 Å². The molecule has 0 amide bonds. The quantitative estimate of drug-likeness (QED) is 0.0153. The van der Waals surface area contributed by atoms with Gasteiger partial charge < -0.3 is 117 Å². The molecule has 0 spiro atoms. The van der Waals surface area contributed by atoms with Crippen molar-refractivity contribution in [3.8, 4) is 121 Å². The molecular weight excluding hydrogens is 1870 g/mol. The first kappa shape index (κ1) is 104. The van der Waals surface area contributed by atoms with Gasteiger partial charge in [0.05, 0.1) is 82.3 Å². The number of hydrogen-bond donors (Lipinski definition) is 16. The van der Waals surface area contributed by atoms with Gasteiger partial charge in [0.15, 0.2) is 29.1 Å². The minimum Gasteiger partial charge on any atom is -0.507 e. The number of phenols is 5. The fourth-order valence-electron chi connectivity index (χ4n) is 18.2. The third-order valence-electron chi connectivity index (χ3n) is 25.9. The van der Waals surface area contributed by atoms with Crippen molar-refractivity contribution >= 4 is 83.6 Å². The van der Waals surface area contributed by atoms with Gasteiger partial charge in [0, 0.05) is 141 Å². The predicted octanol–water partition coefficient (Wildman–Crippen LogP) is 16.7. The SMILES string of the molecule is COCCOc1ccc2c(N[C@H]3CCNC3)nc(-c3cc(C)ccc3O)nc2c1.COCCOc1ccc2nc(-c3cc(C)ccc3O)nc(N[C@H]3CCNC3)c2c1.COCCOc1ccc2nc(-c3ccccc3O)nc(N[C@H]3CCNC3)c2c1.COc1ccccc1[C@@H]1CNCC1Nc1nc(-c2cc(C)ccc2O)nc2ccccc12.Cc1ccc(O)c(-c2nc(N[C@H]3CCNC3)c3ccc(C#CC(C)(C)O)cc3n2)c1. The fourth-order valence-corrected chi connectivity index (χ4v) is 18.2. The summed E-state index contributed by atoms with van der Waals surface area (Å²) in [6.45, 7) is 23.4. The second kappa shape index (κ2) is 49.1. The number of nitrogens with zero attached hydrogens (tertiary/aromatic N) is 10. The number of aryl methyl sites for hydroxylation is 4. The van der Waals surface area contributed by atoms with E-state index in [9.17, 15) is 30.6 Å². The Morgan fingerprint density at radius 2 is 0.682 bits per heavy atom. The first-order valence-electron chi connectivity index (χ1n) is 50.1. The van der Waals surface area contributed by atoms with E-state index in [-0.39, 0.29) is 46.7 Å². The third kappa shape index (κ3) is 26.7. The van der Waals surface area contributed by atoms with Gasteiger partial charge in [0.1, 0.15) is 106 Å². The van der Waals surface area contributed by atoms with Crippen molar-refractivity contribution in [2.45, 2.75) is 109 Å². The van der Waals surface area contributed by atoms with Crippen LogP contribution in [0, 0.1) is 39.5 Å². The van der Waals surface area contributed by atoms with Gasteiger partial charge in [-0.2, -0.15) is 0 Å². The van der Waals surface area contributed by atoms with E-state index in [2.05, 4.69) is 76.1 Å². The van der Waals surface area contributed by atoms with Crippen LogP contribution in [0.1, 0.15) is 78.8 Å². The largest absolute Gasteiger partial charge is 0.507 e. The van der Waals surface area contributed by atoms with Crippen LogP contribution in [0.15, 0.2) is 218 Å². The molecular formula is C115H128N20O13. The number of aromatic nitrogens is 10. The second-order valence-electron chi connectivity index (χ2n) is 37.8. The number of rotatable bonds is 29. The Kier molecular flexibility index (Phi) is 34.5. The minimum atomic E-state index is -1.07. The summed E-state index contributed by atoms with van der Waals surface area (Å²) in [5, 5.41) is 101. The van der Waals surface area contributed by atoms with Crippen LogP contribution < -0.4 is 72.1 Å². The van der Waals surface area contributed by atoms with Crippen LogP contribution in [0.2, 0.25) is 0 Å². The van der Waals surface area contributed by atoms with E-state index >= 15 is 0 Å². The van der Waals surface area contributed by atoms with Crippen LogP contribution in [0.4, 0.5) is 29.1 Å². The summed E-state index contributed by atoms with van der Waals surface area (Å²) in [4.78, 5) is 47.5. The average Bonchev–Trinajstić information content (AvgIpc) is 1.22. The fraction of sp³-hybridized carbons (Fsp3) is 0.322. The van der Waals surface area contributed by atoms with E-state index in [1.807, 2.05) is 204 Å². The second-order valence-corrected chi connectivity index (χ2v) is 37.8. The average molecular weight is 2000 g/mol. The number of ether oxygens (including phenoxy) is 7. The summed E-state index contributed by atoms with van der Waals surface area (Å²) < 4.78 is 38.0. The van der Waals surface area contributed by atoms with E-state index in [1.165, 1.54) is 5.56 Å². The highest BCUT2D eigenvalue weighted by Crippen LogP contribution is 2.42. The predicted molar refractivity (Wildman–Crippen MR) is 583 cm³/mol. The summed E-state index contributed by atoms with van der Waals surface area (Å²) >= 11 is 0. The summed E-state index contributed by atoms with van der Waals surface area (Å²) in [6, 6.07) is 69.4. The van der Waals surface area contributed by atoms with Crippen LogP contribution in [-0.2, 0) is 14.2 Å². The molecule has 766 valence electrons. The highest BCUT2D eigenvalue weighted by atomic mass is 16.5. The monoisotopic (exact) mass is 2000 g/mol. The molecule has 5 fully saturated rings. The highest BCUT2D eigenvalue weighted by Gasteiger charge is 2.33. The van der Waals surface area contributed by atoms with Crippen LogP contribution in [0.5, 0.6) is 51.7 Å². The van der Waals surface area contributed by atoms with Gasteiger partial charge in [-0.3, -0.25) is 0 Å². The number of fused-ring (bicyclic) bond motifs is 5. The van der Waals surface area contributed by atoms with E-state index in [0.29, 0.717) is 115 Å². The number of phenolic OH excluding ortho intramolecular Hbond substituents is 5. The molecule has 148 heavy (non-hydrogen) atoms. The van der Waals surface area contributed by atoms with Crippen molar-refractivity contribution < 1.29 is 63.8 Å². The van der Waals surface area contributed by atoms with Crippen LogP contribution in [0.3, 0.4) is 0 Å². The Balaban J connectivity index is 0.000000126. The standard InChI is InChI=1S/C26H26N4O2.C24H26N4O2.2C22H26N4O3.C21H24N4O3/c1-16-11-12-23(31)19(13-16)26-28-21-9-5-3-8-18(21)25(30-26)29-22-15-27-14-20(22)17-7-4-6-10-24(17)32-2;1-15-4-7-21(29)19(12-15)23-27-20-13-16(8-10-24(2,3)30)5-6-18(20)22(28-23)26-17-9-11-25-14-17;1-14-3-6-20(27)18(11-14)22-25-19-5-4-16(29-10-9-28-2)12-17(19)21(26-22)24-15-7-8-23-13-15;1-14-3-6-20(27)18(11-14)22-25-19-12-16(29-10-9-28-2)4-5-17(19)21(26-22)24-15-7-8-23-13-15;1-27-10-11-28-15-6-7-18-17(12-15)21(23-14-8-9-22-13-14)25-20(24-18)16-4-2-3-5-19(16)26/h3-13,20,22,27,31H,14-15H2,1-2H3,(H,28,29,30);4-7,12-13,17,25,29-30H,9,11,14H2,1-3H3,(H,26,27,28);2*3-6,11-12,15,23,27H,7-10,13H2,1-2H3,(H,24,25,26);2-7,12,14,22,26H,8-11,13H2,1H3,(H,23,24,25)/t20-,22?;17-;2*15-;14-/m00000/s1. The molecule has 5 aliphatic heterocycles. The molecule has 21 rings (SSSR count). The van der Waals surface area contributed by atoms with Crippen LogP contribution in [0.25, 0.3) is 111 Å². The molecule has 0 radical (unpaired) electrons. The highest BCUT2D eigenvalue weighted by molar-refractivity contribution is 5.97. The molecule has 33 nitrogen and oxygen atoms in total. The van der Waals surface area contributed by atoms with Gasteiger partial charge in [-0.1, -0.05) is 101 Å². The van der Waals surface area contributed by atoms with Gasteiger partial charge in [0.2, 0.25) is 0 Å². The smallest absolute Gasteiger partial charge is 0.165 e. The number of benzene rings is 11. The number of nitrogens with one attached hydrogen (secondary N) is 10. The molecule has 5 saturated heterocycles. The molecule has 16 aromatic rings. The number of aliphatic hydroxyl groups is 1. The maximum Gasteiger partial charge on any atom is 0.165 e. The lowest BCUT2D eigenvalue weighted by molar-refractivity contribution is 0.143. The molecule has 0 bridgehead atoms. The lowest BCUT2D eigenvalue weighted by Crippen LogP contribution is -2.28. The van der Waals surface area contributed by atoms with Crippen molar-refractivity contribution in [2.75, 3.05) is 160 Å². The zero-order valence-corrected chi connectivity index (χ0v) is 84.9. The zero-order chi connectivity index (χ0) is 103. The number of anilines is 5. The third-order valence-corrected chi connectivity index (χ3v) is 25.9. The maximum absolute atomic E-state index is 10.5. The van der Waals surface area contributed by atoms with Crippen molar-refractivity contribution in [1.82, 2.24) is 76.4 Å². The topological polar surface area (TPSA) is 435 Å². The summed E-state index contributed by atoms with van der Waals surface area (Å²) in [7, 11) is 6.66. The number of aromatic hydroxyl groups is 5. The molecule has 10 heterocycles. The van der Waals surface area contributed by atoms with E-state index < -0.39 is 5.60 Å². The Morgan fingerprint density at radius 3 is 1.11 bits per heavy atom. The zero-order valence-electron chi connectivity index (χ0n) is 84.9. The van der Waals surface area contributed by atoms with Crippen molar-refractivity contribution in [1.29, 1.82) is 0 Å². The van der Waals surface area contributed by atoms with Gasteiger partial charge in [0.25, 0.3) is 0 Å². The van der Waals surface area contributed by atoms with Crippen LogP contribution in [-0.4, -0.2) is 250 Å².